The van der Waals surface area contributed by atoms with Crippen molar-refractivity contribution in [1.29, 1.82) is 0 Å². The van der Waals surface area contributed by atoms with Crippen LogP contribution in [0.5, 0.6) is 11.5 Å². The van der Waals surface area contributed by atoms with E-state index in [2.05, 4.69) is 81.7 Å². The topological polar surface area (TPSA) is 35.9 Å². The highest BCUT2D eigenvalue weighted by molar-refractivity contribution is 5.58. The molecule has 1 N–H and O–H groups in total. The summed E-state index contributed by atoms with van der Waals surface area (Å²) in [6.07, 6.45) is 0. The Kier molecular flexibility index (Phi) is 6.90. The van der Waals surface area contributed by atoms with Gasteiger partial charge in [0.05, 0.1) is 12.3 Å². The highest BCUT2D eigenvalue weighted by Gasteiger charge is 2.27. The third kappa shape index (κ3) is 5.54. The summed E-state index contributed by atoms with van der Waals surface area (Å²) in [5.74, 6) is 1.43. The molecule has 3 rings (SSSR count). The highest BCUT2D eigenvalue weighted by Crippen LogP contribution is 2.40. The lowest BCUT2D eigenvalue weighted by Crippen LogP contribution is -2.46. The Balaban J connectivity index is 1.76. The summed E-state index contributed by atoms with van der Waals surface area (Å²) in [7, 11) is 0. The van der Waals surface area contributed by atoms with Crippen molar-refractivity contribution in [2.45, 2.75) is 65.8 Å². The van der Waals surface area contributed by atoms with Crippen LogP contribution in [0.25, 0.3) is 0 Å². The molecule has 0 bridgehead atoms. The zero-order valence-electron chi connectivity index (χ0n) is 20.5. The molecule has 4 heteroatoms. The molecular weight excluding hydrogens is 384 g/mol. The molecule has 0 radical (unpaired) electrons. The van der Waals surface area contributed by atoms with Gasteiger partial charge in [0.2, 0.25) is 0 Å². The fourth-order valence-corrected chi connectivity index (χ4v) is 4.33. The fraction of sp³-hybridized carbons (Fsp3) is 0.556. The van der Waals surface area contributed by atoms with Gasteiger partial charge in [-0.25, -0.2) is 0 Å². The first kappa shape index (κ1) is 23.5. The lowest BCUT2D eigenvalue weighted by atomic mass is 9.78. The number of nitrogens with zero attached hydrogens (tertiary/aromatic N) is 2. The molecule has 0 saturated carbocycles. The molecule has 1 saturated heterocycles. The number of aromatic hydroxyl groups is 1. The van der Waals surface area contributed by atoms with Gasteiger partial charge in [-0.3, -0.25) is 4.90 Å². The van der Waals surface area contributed by atoms with E-state index in [0.29, 0.717) is 12.4 Å². The molecule has 0 amide bonds. The van der Waals surface area contributed by atoms with Gasteiger partial charge >= 0.3 is 0 Å². The van der Waals surface area contributed by atoms with Gasteiger partial charge in [-0.2, -0.15) is 0 Å². The van der Waals surface area contributed by atoms with Gasteiger partial charge in [0, 0.05) is 32.7 Å². The number of phenolic OH excluding ortho intramolecular Hbond substituents is 1. The quantitative estimate of drug-likeness (QED) is 0.667. The minimum absolute atomic E-state index is 0.0955. The summed E-state index contributed by atoms with van der Waals surface area (Å²) in [5, 5.41) is 11.0. The Morgan fingerprint density at radius 2 is 1.42 bits per heavy atom. The molecule has 1 aliphatic heterocycles. The van der Waals surface area contributed by atoms with Crippen LogP contribution in [0.2, 0.25) is 0 Å². The number of para-hydroxylation sites is 2. The van der Waals surface area contributed by atoms with Crippen molar-refractivity contribution < 1.29 is 9.84 Å². The summed E-state index contributed by atoms with van der Waals surface area (Å²) in [5.41, 5.74) is 4.37. The van der Waals surface area contributed by atoms with E-state index in [4.69, 9.17) is 4.74 Å². The van der Waals surface area contributed by atoms with Gasteiger partial charge in [0.25, 0.3) is 0 Å². The molecule has 1 heterocycles. The van der Waals surface area contributed by atoms with Crippen LogP contribution in [0.3, 0.4) is 0 Å². The van der Waals surface area contributed by atoms with Crippen molar-refractivity contribution >= 4 is 5.69 Å². The summed E-state index contributed by atoms with van der Waals surface area (Å²) >= 11 is 0. The van der Waals surface area contributed by atoms with Crippen LogP contribution >= 0.6 is 0 Å². The minimum Gasteiger partial charge on any atom is -0.507 e. The number of hydrogen-bond donors (Lipinski definition) is 1. The number of anilines is 1. The monoisotopic (exact) mass is 424 g/mol. The second kappa shape index (κ2) is 9.12. The molecule has 0 atom stereocenters. The van der Waals surface area contributed by atoms with Crippen molar-refractivity contribution in [3.05, 3.63) is 53.1 Å². The number of benzene rings is 2. The number of ether oxygens (including phenoxy) is 1. The maximum Gasteiger partial charge on any atom is 0.142 e. The first-order valence-corrected chi connectivity index (χ1v) is 11.6. The fourth-order valence-electron chi connectivity index (χ4n) is 4.33. The lowest BCUT2D eigenvalue weighted by molar-refractivity contribution is 0.248. The molecule has 0 spiro atoms. The van der Waals surface area contributed by atoms with Crippen molar-refractivity contribution in [3.63, 3.8) is 0 Å². The van der Waals surface area contributed by atoms with E-state index in [1.807, 2.05) is 13.0 Å². The van der Waals surface area contributed by atoms with Crippen LogP contribution < -0.4 is 9.64 Å². The summed E-state index contributed by atoms with van der Waals surface area (Å²) in [6, 6.07) is 12.8. The second-order valence-electron chi connectivity index (χ2n) is 10.7. The van der Waals surface area contributed by atoms with E-state index >= 15 is 0 Å². The van der Waals surface area contributed by atoms with Crippen molar-refractivity contribution in [3.8, 4) is 11.5 Å². The number of phenols is 1. The van der Waals surface area contributed by atoms with Crippen LogP contribution in [0.15, 0.2) is 36.4 Å². The summed E-state index contributed by atoms with van der Waals surface area (Å²) in [6.45, 7) is 20.7. The van der Waals surface area contributed by atoms with E-state index in [-0.39, 0.29) is 10.8 Å². The van der Waals surface area contributed by atoms with Gasteiger partial charge < -0.3 is 14.7 Å². The standard InChI is InChI=1S/C27H40N2O2/c1-8-31-24-12-10-9-11-23(24)29-15-13-28(14-16-29)19-20-17-21(26(2,3)4)25(30)22(18-20)27(5,6)7/h9-12,17-18,30H,8,13-16,19H2,1-7H3. The van der Waals surface area contributed by atoms with Crippen molar-refractivity contribution in [2.24, 2.45) is 0 Å². The SMILES string of the molecule is CCOc1ccccc1N1CCN(Cc2cc(C(C)(C)C)c(O)c(C(C)(C)C)c2)CC1. The first-order chi connectivity index (χ1) is 14.5. The molecule has 4 nitrogen and oxygen atoms in total. The Hall–Kier alpha value is -2.20. The maximum absolute atomic E-state index is 11.0. The molecular formula is C27H40N2O2. The van der Waals surface area contributed by atoms with E-state index in [1.165, 1.54) is 11.3 Å². The predicted molar refractivity (Wildman–Crippen MR) is 131 cm³/mol. The van der Waals surface area contributed by atoms with Crippen molar-refractivity contribution in [2.75, 3.05) is 37.7 Å². The van der Waals surface area contributed by atoms with Crippen LogP contribution in [-0.2, 0) is 17.4 Å². The third-order valence-corrected chi connectivity index (χ3v) is 6.07. The molecule has 0 aromatic heterocycles. The Bertz CT molecular complexity index is 850. The zero-order valence-corrected chi connectivity index (χ0v) is 20.5. The number of hydrogen-bond acceptors (Lipinski definition) is 4. The Morgan fingerprint density at radius 1 is 0.871 bits per heavy atom. The highest BCUT2D eigenvalue weighted by atomic mass is 16.5. The van der Waals surface area contributed by atoms with Crippen LogP contribution in [-0.4, -0.2) is 42.8 Å². The average molecular weight is 425 g/mol. The normalized spacial score (nSPS) is 15.9. The lowest BCUT2D eigenvalue weighted by Gasteiger charge is -2.37. The van der Waals surface area contributed by atoms with Crippen LogP contribution in [0, 0.1) is 0 Å². The van der Waals surface area contributed by atoms with Gasteiger partial charge in [-0.15, -0.1) is 0 Å². The minimum atomic E-state index is -0.0955. The molecule has 1 fully saturated rings. The summed E-state index contributed by atoms with van der Waals surface area (Å²) in [4.78, 5) is 4.95. The van der Waals surface area contributed by atoms with Gasteiger partial charge in [0.1, 0.15) is 11.5 Å². The molecule has 31 heavy (non-hydrogen) atoms. The smallest absolute Gasteiger partial charge is 0.142 e. The first-order valence-electron chi connectivity index (χ1n) is 11.6. The summed E-state index contributed by atoms with van der Waals surface area (Å²) < 4.78 is 5.83. The predicted octanol–water partition coefficient (Wildman–Crippen LogP) is 5.71. The Labute approximate surface area is 188 Å². The van der Waals surface area contributed by atoms with Gasteiger partial charge in [-0.05, 0) is 46.6 Å². The van der Waals surface area contributed by atoms with Crippen LogP contribution in [0.1, 0.15) is 65.2 Å². The van der Waals surface area contributed by atoms with E-state index < -0.39 is 0 Å². The number of rotatable bonds is 5. The van der Waals surface area contributed by atoms with Gasteiger partial charge in [-0.1, -0.05) is 65.8 Å². The van der Waals surface area contributed by atoms with E-state index in [1.54, 1.807) is 0 Å². The van der Waals surface area contributed by atoms with E-state index in [9.17, 15) is 5.11 Å². The molecule has 0 unspecified atom stereocenters. The molecule has 1 aliphatic rings. The zero-order chi connectivity index (χ0) is 22.8. The third-order valence-electron chi connectivity index (χ3n) is 6.07. The Morgan fingerprint density at radius 3 is 1.94 bits per heavy atom. The maximum atomic E-state index is 11.0. The second-order valence-corrected chi connectivity index (χ2v) is 10.7. The van der Waals surface area contributed by atoms with E-state index in [0.717, 1.165) is 49.6 Å². The van der Waals surface area contributed by atoms with Crippen molar-refractivity contribution in [1.82, 2.24) is 4.90 Å². The molecule has 2 aromatic carbocycles. The van der Waals surface area contributed by atoms with Crippen LogP contribution in [0.4, 0.5) is 5.69 Å². The average Bonchev–Trinajstić information content (AvgIpc) is 2.69. The van der Waals surface area contributed by atoms with Gasteiger partial charge in [0.15, 0.2) is 0 Å². The molecule has 2 aromatic rings. The molecule has 170 valence electrons. The number of piperazine rings is 1. The molecule has 0 aliphatic carbocycles. The largest absolute Gasteiger partial charge is 0.507 e.